The zero-order chi connectivity index (χ0) is 14.5. The summed E-state index contributed by atoms with van der Waals surface area (Å²) >= 11 is 0. The van der Waals surface area contributed by atoms with Gasteiger partial charge in [-0.15, -0.1) is 0 Å². The maximum absolute atomic E-state index is 10.7. The third-order valence-electron chi connectivity index (χ3n) is 3.54. The van der Waals surface area contributed by atoms with Crippen LogP contribution in [0.25, 0.3) is 0 Å². The van der Waals surface area contributed by atoms with Gasteiger partial charge in [-0.2, -0.15) is 0 Å². The van der Waals surface area contributed by atoms with Gasteiger partial charge in [-0.05, 0) is 41.3 Å². The molecule has 0 radical (unpaired) electrons. The predicted octanol–water partition coefficient (Wildman–Crippen LogP) is 4.26. The Balaban J connectivity index is 2.06. The van der Waals surface area contributed by atoms with Crippen molar-refractivity contribution in [3.05, 3.63) is 65.2 Å². The van der Waals surface area contributed by atoms with Gasteiger partial charge in [0.05, 0.1) is 0 Å². The zero-order valence-corrected chi connectivity index (χ0v) is 12.3. The third-order valence-corrected chi connectivity index (χ3v) is 3.54. The van der Waals surface area contributed by atoms with Crippen LogP contribution in [0.15, 0.2) is 48.5 Å². The Morgan fingerprint density at radius 1 is 1.00 bits per heavy atom. The topological polar surface area (TPSA) is 20.3 Å². The van der Waals surface area contributed by atoms with Crippen LogP contribution in [-0.2, 0) is 6.54 Å². The number of aldehydes is 1. The molecule has 0 unspecified atom stereocenters. The zero-order valence-electron chi connectivity index (χ0n) is 12.3. The number of rotatable bonds is 5. The first kappa shape index (κ1) is 14.3. The molecule has 0 aliphatic rings. The van der Waals surface area contributed by atoms with Crippen molar-refractivity contribution < 1.29 is 4.79 Å². The lowest BCUT2D eigenvalue weighted by Gasteiger charge is -2.20. The van der Waals surface area contributed by atoms with Crippen molar-refractivity contribution in [1.82, 2.24) is 0 Å². The second-order valence-electron chi connectivity index (χ2n) is 5.46. The maximum Gasteiger partial charge on any atom is 0.150 e. The van der Waals surface area contributed by atoms with Crippen molar-refractivity contribution in [2.24, 2.45) is 0 Å². The van der Waals surface area contributed by atoms with Crippen molar-refractivity contribution in [1.29, 1.82) is 0 Å². The van der Waals surface area contributed by atoms with Gasteiger partial charge in [-0.25, -0.2) is 0 Å². The molecule has 0 aliphatic carbocycles. The molecule has 20 heavy (non-hydrogen) atoms. The molecule has 0 saturated carbocycles. The normalized spacial score (nSPS) is 10.6. The second kappa shape index (κ2) is 6.38. The summed E-state index contributed by atoms with van der Waals surface area (Å²) in [5.74, 6) is 0.567. The molecule has 0 heterocycles. The first-order valence-electron chi connectivity index (χ1n) is 6.95. The highest BCUT2D eigenvalue weighted by Gasteiger charge is 2.03. The summed E-state index contributed by atoms with van der Waals surface area (Å²) in [5.41, 5.74) is 4.48. The molecule has 2 nitrogen and oxygen atoms in total. The number of carbonyl (C=O) groups is 1. The Labute approximate surface area is 121 Å². The van der Waals surface area contributed by atoms with E-state index in [1.165, 1.54) is 11.1 Å². The van der Waals surface area contributed by atoms with E-state index in [0.29, 0.717) is 11.5 Å². The molecule has 104 valence electrons. The lowest BCUT2D eigenvalue weighted by molar-refractivity contribution is 0.112. The molecule has 0 saturated heterocycles. The van der Waals surface area contributed by atoms with Crippen molar-refractivity contribution in [3.8, 4) is 0 Å². The molecule has 0 amide bonds. The van der Waals surface area contributed by atoms with Gasteiger partial charge in [-0.3, -0.25) is 4.79 Å². The molecule has 0 N–H and O–H groups in total. The summed E-state index contributed by atoms with van der Waals surface area (Å²) in [6.07, 6.45) is 0.869. The number of hydrogen-bond acceptors (Lipinski definition) is 2. The minimum Gasteiger partial charge on any atom is -0.370 e. The molecule has 0 aliphatic heterocycles. The Kier molecular flexibility index (Phi) is 4.57. The van der Waals surface area contributed by atoms with Crippen LogP contribution in [-0.4, -0.2) is 13.3 Å². The summed E-state index contributed by atoms with van der Waals surface area (Å²) in [6, 6.07) is 16.4. The molecule has 2 aromatic carbocycles. The van der Waals surface area contributed by atoms with E-state index in [2.05, 4.69) is 50.1 Å². The van der Waals surface area contributed by atoms with Gasteiger partial charge in [-0.1, -0.05) is 38.1 Å². The fraction of sp³-hybridized carbons (Fsp3) is 0.278. The standard InChI is InChI=1S/C18H21NO/c1-14(2)17-8-4-15(5-9-17)12-19(3)18-10-6-16(13-20)7-11-18/h4-11,13-14H,12H2,1-3H3. The van der Waals surface area contributed by atoms with Crippen LogP contribution < -0.4 is 4.90 Å². The van der Waals surface area contributed by atoms with Crippen LogP contribution >= 0.6 is 0 Å². The highest BCUT2D eigenvalue weighted by Crippen LogP contribution is 2.18. The van der Waals surface area contributed by atoms with E-state index < -0.39 is 0 Å². The Morgan fingerprint density at radius 3 is 2.10 bits per heavy atom. The second-order valence-corrected chi connectivity index (χ2v) is 5.46. The summed E-state index contributed by atoms with van der Waals surface area (Å²) < 4.78 is 0. The van der Waals surface area contributed by atoms with Crippen LogP contribution in [0, 0.1) is 0 Å². The molecule has 0 atom stereocenters. The minimum absolute atomic E-state index is 0.567. The van der Waals surface area contributed by atoms with Crippen LogP contribution in [0.5, 0.6) is 0 Å². The summed E-state index contributed by atoms with van der Waals surface area (Å²) in [7, 11) is 2.06. The SMILES string of the molecule is CC(C)c1ccc(CN(C)c2ccc(C=O)cc2)cc1. The fourth-order valence-corrected chi connectivity index (χ4v) is 2.18. The highest BCUT2D eigenvalue weighted by atomic mass is 16.1. The van der Waals surface area contributed by atoms with E-state index in [9.17, 15) is 4.79 Å². The molecular weight excluding hydrogens is 246 g/mol. The minimum atomic E-state index is 0.567. The summed E-state index contributed by atoms with van der Waals surface area (Å²) in [5, 5.41) is 0. The lowest BCUT2D eigenvalue weighted by atomic mass is 10.0. The third kappa shape index (κ3) is 3.47. The van der Waals surface area contributed by atoms with Crippen LogP contribution in [0.2, 0.25) is 0 Å². The average molecular weight is 267 g/mol. The molecule has 0 aromatic heterocycles. The molecule has 0 spiro atoms. The molecule has 2 rings (SSSR count). The van der Waals surface area contributed by atoms with Crippen LogP contribution in [0.4, 0.5) is 5.69 Å². The van der Waals surface area contributed by atoms with Crippen LogP contribution in [0.1, 0.15) is 41.3 Å². The summed E-state index contributed by atoms with van der Waals surface area (Å²) in [6.45, 7) is 5.27. The quantitative estimate of drug-likeness (QED) is 0.754. The first-order chi connectivity index (χ1) is 9.60. The monoisotopic (exact) mass is 267 g/mol. The van der Waals surface area contributed by atoms with Crippen LogP contribution in [0.3, 0.4) is 0 Å². The van der Waals surface area contributed by atoms with E-state index in [1.54, 1.807) is 0 Å². The first-order valence-corrected chi connectivity index (χ1v) is 6.95. The molecule has 0 bridgehead atoms. The van der Waals surface area contributed by atoms with Gasteiger partial charge in [0, 0.05) is 24.8 Å². The number of carbonyl (C=O) groups excluding carboxylic acids is 1. The Hall–Kier alpha value is -2.09. The Morgan fingerprint density at radius 2 is 1.60 bits per heavy atom. The van der Waals surface area contributed by atoms with Crippen molar-refractivity contribution >= 4 is 12.0 Å². The van der Waals surface area contributed by atoms with Crippen molar-refractivity contribution in [2.75, 3.05) is 11.9 Å². The Bertz CT molecular complexity index is 555. The number of anilines is 1. The smallest absolute Gasteiger partial charge is 0.150 e. The van der Waals surface area contributed by atoms with Gasteiger partial charge in [0.15, 0.2) is 0 Å². The predicted molar refractivity (Wildman–Crippen MR) is 84.5 cm³/mol. The van der Waals surface area contributed by atoms with E-state index >= 15 is 0 Å². The van der Waals surface area contributed by atoms with Gasteiger partial charge in [0.2, 0.25) is 0 Å². The highest BCUT2D eigenvalue weighted by molar-refractivity contribution is 5.75. The molecular formula is C18H21NO. The van der Waals surface area contributed by atoms with Gasteiger partial charge >= 0.3 is 0 Å². The number of nitrogens with zero attached hydrogens (tertiary/aromatic N) is 1. The maximum atomic E-state index is 10.7. The van der Waals surface area contributed by atoms with Gasteiger partial charge in [0.1, 0.15) is 6.29 Å². The van der Waals surface area contributed by atoms with Crippen molar-refractivity contribution in [3.63, 3.8) is 0 Å². The molecule has 2 aromatic rings. The number of hydrogen-bond donors (Lipinski definition) is 0. The number of benzene rings is 2. The fourth-order valence-electron chi connectivity index (χ4n) is 2.18. The lowest BCUT2D eigenvalue weighted by Crippen LogP contribution is -2.16. The summed E-state index contributed by atoms with van der Waals surface area (Å²) in [4.78, 5) is 12.8. The van der Waals surface area contributed by atoms with Gasteiger partial charge in [0.25, 0.3) is 0 Å². The van der Waals surface area contributed by atoms with E-state index in [1.807, 2.05) is 24.3 Å². The average Bonchev–Trinajstić information content (AvgIpc) is 2.48. The van der Waals surface area contributed by atoms with Gasteiger partial charge < -0.3 is 4.90 Å². The van der Waals surface area contributed by atoms with E-state index in [0.717, 1.165) is 18.5 Å². The van der Waals surface area contributed by atoms with E-state index in [4.69, 9.17) is 0 Å². The largest absolute Gasteiger partial charge is 0.370 e. The molecule has 2 heteroatoms. The van der Waals surface area contributed by atoms with E-state index in [-0.39, 0.29) is 0 Å². The molecule has 0 fully saturated rings. The van der Waals surface area contributed by atoms with Crippen molar-refractivity contribution in [2.45, 2.75) is 26.3 Å².